The summed E-state index contributed by atoms with van der Waals surface area (Å²) >= 11 is 12.0. The molecule has 2 N–H and O–H groups in total. The summed E-state index contributed by atoms with van der Waals surface area (Å²) in [6.07, 6.45) is 4.93. The molecule has 0 aliphatic heterocycles. The lowest BCUT2D eigenvalue weighted by Gasteiger charge is -2.31. The highest BCUT2D eigenvalue weighted by molar-refractivity contribution is 6.42. The quantitative estimate of drug-likeness (QED) is 0.835. The second-order valence-electron chi connectivity index (χ2n) is 5.16. The van der Waals surface area contributed by atoms with Crippen molar-refractivity contribution >= 4 is 23.2 Å². The molecule has 0 heterocycles. The van der Waals surface area contributed by atoms with Crippen molar-refractivity contribution in [3.8, 4) is 0 Å². The van der Waals surface area contributed by atoms with Crippen LogP contribution < -0.4 is 5.73 Å². The molecule has 0 aromatic heterocycles. The fourth-order valence-electron chi connectivity index (χ4n) is 2.77. The van der Waals surface area contributed by atoms with E-state index in [4.69, 9.17) is 28.9 Å². The molecule has 1 fully saturated rings. The molecule has 1 aromatic rings. The van der Waals surface area contributed by atoms with Crippen LogP contribution in [-0.2, 0) is 0 Å². The van der Waals surface area contributed by atoms with Gasteiger partial charge in [-0.15, -0.1) is 0 Å². The fourth-order valence-corrected chi connectivity index (χ4v) is 3.08. The molecule has 1 aromatic carbocycles. The third-order valence-corrected chi connectivity index (χ3v) is 4.61. The molecule has 3 atom stereocenters. The van der Waals surface area contributed by atoms with Crippen molar-refractivity contribution in [3.05, 3.63) is 33.8 Å². The van der Waals surface area contributed by atoms with Crippen LogP contribution >= 0.6 is 23.2 Å². The van der Waals surface area contributed by atoms with Gasteiger partial charge in [0.25, 0.3) is 0 Å². The molecular weight excluding hydrogens is 253 g/mol. The Bertz CT molecular complexity index is 390. The molecule has 0 amide bonds. The molecule has 1 aliphatic carbocycles. The first-order valence-corrected chi connectivity index (χ1v) is 7.04. The van der Waals surface area contributed by atoms with E-state index in [1.54, 1.807) is 0 Å². The molecule has 17 heavy (non-hydrogen) atoms. The number of nitrogens with two attached hydrogens (primary N) is 1. The van der Waals surface area contributed by atoms with Gasteiger partial charge in [-0.25, -0.2) is 0 Å². The number of rotatable bonds is 2. The summed E-state index contributed by atoms with van der Waals surface area (Å²) in [4.78, 5) is 0. The van der Waals surface area contributed by atoms with Gasteiger partial charge in [0.15, 0.2) is 0 Å². The van der Waals surface area contributed by atoms with Crippen molar-refractivity contribution in [2.45, 2.75) is 44.6 Å². The minimum absolute atomic E-state index is 0.292. The molecule has 3 unspecified atom stereocenters. The number of benzene rings is 1. The van der Waals surface area contributed by atoms with Gasteiger partial charge in [0.2, 0.25) is 0 Å². The Morgan fingerprint density at radius 3 is 2.65 bits per heavy atom. The van der Waals surface area contributed by atoms with Gasteiger partial charge in [-0.2, -0.15) is 0 Å². The third-order valence-electron chi connectivity index (χ3n) is 3.87. The van der Waals surface area contributed by atoms with Crippen LogP contribution in [0.2, 0.25) is 10.0 Å². The SMILES string of the molecule is CC(N)C1CCCC(c2ccc(Cl)c(Cl)c2)C1. The Hall–Kier alpha value is -0.240. The monoisotopic (exact) mass is 271 g/mol. The van der Waals surface area contributed by atoms with Crippen LogP contribution in [0.1, 0.15) is 44.1 Å². The van der Waals surface area contributed by atoms with E-state index in [0.29, 0.717) is 27.9 Å². The van der Waals surface area contributed by atoms with Crippen molar-refractivity contribution < 1.29 is 0 Å². The van der Waals surface area contributed by atoms with Crippen molar-refractivity contribution in [2.75, 3.05) is 0 Å². The summed E-state index contributed by atoms with van der Waals surface area (Å²) in [7, 11) is 0. The zero-order valence-electron chi connectivity index (χ0n) is 10.1. The first kappa shape index (κ1) is 13.2. The van der Waals surface area contributed by atoms with Crippen LogP contribution in [0.25, 0.3) is 0 Å². The zero-order valence-corrected chi connectivity index (χ0v) is 11.6. The fraction of sp³-hybridized carbons (Fsp3) is 0.571. The van der Waals surface area contributed by atoms with E-state index in [0.717, 1.165) is 0 Å². The summed E-state index contributed by atoms with van der Waals surface area (Å²) in [5, 5.41) is 1.29. The molecule has 1 saturated carbocycles. The van der Waals surface area contributed by atoms with E-state index >= 15 is 0 Å². The number of hydrogen-bond donors (Lipinski definition) is 1. The average Bonchev–Trinajstić information content (AvgIpc) is 2.33. The maximum absolute atomic E-state index is 6.08. The second-order valence-corrected chi connectivity index (χ2v) is 5.97. The Morgan fingerprint density at radius 2 is 2.00 bits per heavy atom. The highest BCUT2D eigenvalue weighted by atomic mass is 35.5. The topological polar surface area (TPSA) is 26.0 Å². The lowest BCUT2D eigenvalue weighted by Crippen LogP contribution is -2.30. The normalized spacial score (nSPS) is 26.8. The second kappa shape index (κ2) is 5.60. The van der Waals surface area contributed by atoms with E-state index < -0.39 is 0 Å². The summed E-state index contributed by atoms with van der Waals surface area (Å²) in [5.74, 6) is 1.23. The largest absolute Gasteiger partial charge is 0.328 e. The van der Waals surface area contributed by atoms with Gasteiger partial charge in [0, 0.05) is 6.04 Å². The van der Waals surface area contributed by atoms with Crippen molar-refractivity contribution in [1.82, 2.24) is 0 Å². The zero-order chi connectivity index (χ0) is 12.4. The van der Waals surface area contributed by atoms with Crippen molar-refractivity contribution in [2.24, 2.45) is 11.7 Å². The van der Waals surface area contributed by atoms with Gasteiger partial charge < -0.3 is 5.73 Å². The van der Waals surface area contributed by atoms with Gasteiger partial charge in [-0.3, -0.25) is 0 Å². The van der Waals surface area contributed by atoms with Crippen LogP contribution in [0.15, 0.2) is 18.2 Å². The van der Waals surface area contributed by atoms with E-state index in [2.05, 4.69) is 13.0 Å². The summed E-state index contributed by atoms with van der Waals surface area (Å²) in [6, 6.07) is 6.30. The van der Waals surface area contributed by atoms with Gasteiger partial charge in [-0.05, 0) is 55.7 Å². The average molecular weight is 272 g/mol. The van der Waals surface area contributed by atoms with Crippen molar-refractivity contribution in [1.29, 1.82) is 0 Å². The van der Waals surface area contributed by atoms with Gasteiger partial charge in [0.1, 0.15) is 0 Å². The first-order chi connectivity index (χ1) is 8.08. The summed E-state index contributed by atoms with van der Waals surface area (Å²) in [5.41, 5.74) is 7.32. The van der Waals surface area contributed by atoms with Crippen LogP contribution in [0.4, 0.5) is 0 Å². The molecule has 0 radical (unpaired) electrons. The molecule has 2 rings (SSSR count). The highest BCUT2D eigenvalue weighted by Gasteiger charge is 2.25. The number of hydrogen-bond acceptors (Lipinski definition) is 1. The Labute approximate surface area is 113 Å². The minimum Gasteiger partial charge on any atom is -0.328 e. The Morgan fingerprint density at radius 1 is 1.24 bits per heavy atom. The van der Waals surface area contributed by atoms with Crippen molar-refractivity contribution in [3.63, 3.8) is 0 Å². The van der Waals surface area contributed by atoms with E-state index in [9.17, 15) is 0 Å². The van der Waals surface area contributed by atoms with Crippen LogP contribution in [0.5, 0.6) is 0 Å². The number of halogens is 2. The van der Waals surface area contributed by atoms with Crippen LogP contribution in [-0.4, -0.2) is 6.04 Å². The standard InChI is InChI=1S/C14H19Cl2N/c1-9(17)10-3-2-4-11(7-10)12-5-6-13(15)14(16)8-12/h5-6,8-11H,2-4,7,17H2,1H3. The Kier molecular flexibility index (Phi) is 4.35. The maximum atomic E-state index is 6.08. The highest BCUT2D eigenvalue weighted by Crippen LogP contribution is 2.38. The predicted molar refractivity (Wildman–Crippen MR) is 74.8 cm³/mol. The maximum Gasteiger partial charge on any atom is 0.0595 e. The summed E-state index contributed by atoms with van der Waals surface area (Å²) in [6.45, 7) is 2.11. The van der Waals surface area contributed by atoms with Gasteiger partial charge >= 0.3 is 0 Å². The third kappa shape index (κ3) is 3.15. The molecule has 1 aliphatic rings. The van der Waals surface area contributed by atoms with Gasteiger partial charge in [0.05, 0.1) is 10.0 Å². The molecule has 1 nitrogen and oxygen atoms in total. The lowest BCUT2D eigenvalue weighted by molar-refractivity contribution is 0.287. The Balaban J connectivity index is 2.13. The van der Waals surface area contributed by atoms with Gasteiger partial charge in [-0.1, -0.05) is 35.7 Å². The van der Waals surface area contributed by atoms with E-state index in [-0.39, 0.29) is 0 Å². The summed E-state index contributed by atoms with van der Waals surface area (Å²) < 4.78 is 0. The van der Waals surface area contributed by atoms with E-state index in [1.165, 1.54) is 31.2 Å². The first-order valence-electron chi connectivity index (χ1n) is 6.28. The molecule has 0 saturated heterocycles. The molecule has 0 bridgehead atoms. The predicted octanol–water partition coefficient (Wildman–Crippen LogP) is 4.61. The molecular formula is C14H19Cl2N. The lowest BCUT2D eigenvalue weighted by atomic mass is 9.75. The van der Waals surface area contributed by atoms with Crippen LogP contribution in [0, 0.1) is 5.92 Å². The van der Waals surface area contributed by atoms with Crippen LogP contribution in [0.3, 0.4) is 0 Å². The molecule has 94 valence electrons. The molecule has 0 spiro atoms. The molecule has 3 heteroatoms. The van der Waals surface area contributed by atoms with E-state index in [1.807, 2.05) is 12.1 Å². The minimum atomic E-state index is 0.292. The smallest absolute Gasteiger partial charge is 0.0595 e.